The van der Waals surface area contributed by atoms with Gasteiger partial charge in [0, 0.05) is 7.11 Å². The zero-order valence-electron chi connectivity index (χ0n) is 19.8. The zero-order valence-corrected chi connectivity index (χ0v) is 20.8. The maximum absolute atomic E-state index is 5.60. The van der Waals surface area contributed by atoms with Crippen molar-refractivity contribution in [1.82, 2.24) is 0 Å². The van der Waals surface area contributed by atoms with Crippen LogP contribution in [0.2, 0.25) is 0 Å². The van der Waals surface area contributed by atoms with E-state index < -0.39 is 61.2 Å². The van der Waals surface area contributed by atoms with E-state index in [1.807, 2.05) is 0 Å². The molecule has 7 heterocycles. The lowest BCUT2D eigenvalue weighted by Crippen LogP contribution is -2.61. The molecule has 0 amide bonds. The summed E-state index contributed by atoms with van der Waals surface area (Å²) in [5, 5.41) is 0. The lowest BCUT2D eigenvalue weighted by atomic mass is 11.0. The van der Waals surface area contributed by atoms with Crippen molar-refractivity contribution >= 4 is 9.05 Å². The summed E-state index contributed by atoms with van der Waals surface area (Å²) in [6.45, 7) is -10.1. The Hall–Kier alpha value is -0.623. The number of methoxy groups -OCH3 is 1. The Balaban J connectivity index is 0.000000207. The summed E-state index contributed by atoms with van der Waals surface area (Å²) in [6.07, 6.45) is 0. The average molecular weight is 582 g/mol. The van der Waals surface area contributed by atoms with Gasteiger partial charge in [-0.05, 0) is 0 Å². The quantitative estimate of drug-likeness (QED) is 0.311. The van der Waals surface area contributed by atoms with E-state index in [0.29, 0.717) is 0 Å². The highest BCUT2D eigenvalue weighted by Crippen LogP contribution is 2.29. The first kappa shape index (κ1) is 28.9. The van der Waals surface area contributed by atoms with E-state index in [9.17, 15) is 0 Å². The van der Waals surface area contributed by atoms with Gasteiger partial charge in [0.25, 0.3) is 45.3 Å². The number of hydrogen-bond donors (Lipinski definition) is 0. The molecule has 0 aromatic carbocycles. The number of fused-ring (bicyclic) bond motifs is 4. The Morgan fingerprint density at radius 1 is 0.447 bits per heavy atom. The fraction of sp³-hybridized carbons (Fsp3) is 1.00. The fourth-order valence-electron chi connectivity index (χ4n) is 2.78. The van der Waals surface area contributed by atoms with E-state index in [4.69, 9.17) is 98.2 Å². The SMILES string of the molecule is C1OC2OC3OCO[Si]45OCOC(O2)OC(OCOC(OC(O1)O3)O4)O5.COC1OCOCOCOCO1. The third kappa shape index (κ3) is 8.69. The first-order valence-corrected chi connectivity index (χ1v) is 12.4. The molecule has 0 aliphatic carbocycles. The standard InChI is InChI=1S/C10H14O15Si.C6H12O6/c1-11-5-19-7-15-3-17-26-18-4-16-8(20-5)23-10(25-26)14-2-13-9(24-26)22-6(12-1)21-7;1-7-6-11-4-9-2-8-3-10-5-12-6/h5-10H,1-4H2;6H,2-5H2,1H3. The number of ether oxygens (including phenoxy) is 17. The maximum Gasteiger partial charge on any atom is 0.690 e. The second-order valence-electron chi connectivity index (χ2n) is 6.85. The topological polar surface area (TPSA) is 194 Å². The first-order chi connectivity index (χ1) is 18.7. The third-order valence-corrected chi connectivity index (χ3v) is 6.29. The van der Waals surface area contributed by atoms with Crippen LogP contribution in [0.4, 0.5) is 0 Å². The van der Waals surface area contributed by atoms with Crippen LogP contribution >= 0.6 is 0 Å². The normalized spacial score (nSPS) is 41.6. The van der Waals surface area contributed by atoms with Crippen LogP contribution < -0.4 is 0 Å². The molecule has 7 bridgehead atoms. The van der Waals surface area contributed by atoms with Crippen molar-refractivity contribution in [3.63, 3.8) is 0 Å². The van der Waals surface area contributed by atoms with Crippen LogP contribution in [-0.4, -0.2) is 116 Å². The molecule has 7 aliphatic heterocycles. The Kier molecular flexibility index (Phi) is 11.3. The zero-order chi connectivity index (χ0) is 26.0. The first-order valence-electron chi connectivity index (χ1n) is 10.8. The van der Waals surface area contributed by atoms with Gasteiger partial charge in [0.15, 0.2) is 40.8 Å². The van der Waals surface area contributed by atoms with Crippen LogP contribution in [0.3, 0.4) is 0 Å². The molecule has 0 saturated carbocycles. The lowest BCUT2D eigenvalue weighted by molar-refractivity contribution is -0.551. The molecule has 220 valence electrons. The Morgan fingerprint density at radius 3 is 1.32 bits per heavy atom. The van der Waals surface area contributed by atoms with Crippen molar-refractivity contribution in [2.24, 2.45) is 0 Å². The van der Waals surface area contributed by atoms with Crippen LogP contribution in [-0.2, 0) is 98.2 Å². The van der Waals surface area contributed by atoms with Crippen molar-refractivity contribution in [2.45, 2.75) is 45.3 Å². The molecule has 7 fully saturated rings. The monoisotopic (exact) mass is 582 g/mol. The van der Waals surface area contributed by atoms with Gasteiger partial charge in [0.2, 0.25) is 0 Å². The molecule has 21 nitrogen and oxygen atoms in total. The summed E-state index contributed by atoms with van der Waals surface area (Å²) in [5.41, 5.74) is 0. The second kappa shape index (κ2) is 14.8. The van der Waals surface area contributed by atoms with Crippen LogP contribution in [0.1, 0.15) is 0 Å². The van der Waals surface area contributed by atoms with Gasteiger partial charge in [0.05, 0.1) is 0 Å². The van der Waals surface area contributed by atoms with Gasteiger partial charge < -0.3 is 65.7 Å². The summed E-state index contributed by atoms with van der Waals surface area (Å²) >= 11 is 0. The predicted molar refractivity (Wildman–Crippen MR) is 99.9 cm³/mol. The molecule has 7 aliphatic rings. The van der Waals surface area contributed by atoms with Gasteiger partial charge in [-0.25, -0.2) is 0 Å². The lowest BCUT2D eigenvalue weighted by Gasteiger charge is -2.41. The highest BCUT2D eigenvalue weighted by atomic mass is 28.4. The fourth-order valence-corrected chi connectivity index (χ4v) is 4.33. The van der Waals surface area contributed by atoms with E-state index in [0.717, 1.165) is 0 Å². The molecule has 0 aromatic rings. The van der Waals surface area contributed by atoms with E-state index >= 15 is 0 Å². The van der Waals surface area contributed by atoms with Crippen molar-refractivity contribution in [3.8, 4) is 0 Å². The summed E-state index contributed by atoms with van der Waals surface area (Å²) in [4.78, 5) is 0. The summed E-state index contributed by atoms with van der Waals surface area (Å²) in [5.74, 6) is 0. The molecular formula is C16H26O21Si. The van der Waals surface area contributed by atoms with Crippen LogP contribution in [0.5, 0.6) is 0 Å². The van der Waals surface area contributed by atoms with Gasteiger partial charge in [-0.15, -0.1) is 0 Å². The molecule has 0 radical (unpaired) electrons. The average Bonchev–Trinajstić information content (AvgIpc) is 2.87. The van der Waals surface area contributed by atoms with Crippen LogP contribution in [0.15, 0.2) is 0 Å². The minimum atomic E-state index is -3.98. The van der Waals surface area contributed by atoms with Crippen molar-refractivity contribution in [3.05, 3.63) is 0 Å². The van der Waals surface area contributed by atoms with Gasteiger partial charge in [-0.3, -0.25) is 32.5 Å². The molecule has 7 unspecified atom stereocenters. The van der Waals surface area contributed by atoms with Gasteiger partial charge in [-0.2, -0.15) is 0 Å². The Labute approximate surface area is 214 Å². The maximum atomic E-state index is 5.60. The molecule has 0 N–H and O–H groups in total. The Bertz CT molecular complexity index is 680. The van der Waals surface area contributed by atoms with E-state index in [2.05, 4.69) is 0 Å². The largest absolute Gasteiger partial charge is 0.690 e. The highest BCUT2D eigenvalue weighted by Gasteiger charge is 2.56. The van der Waals surface area contributed by atoms with E-state index in [1.54, 1.807) is 0 Å². The number of hydrogen-bond acceptors (Lipinski definition) is 21. The van der Waals surface area contributed by atoms with Gasteiger partial charge >= 0.3 is 9.05 Å². The summed E-state index contributed by atoms with van der Waals surface area (Å²) < 4.78 is 110. The molecule has 0 aromatic heterocycles. The van der Waals surface area contributed by atoms with E-state index in [1.165, 1.54) is 7.11 Å². The predicted octanol–water partition coefficient (Wildman–Crippen LogP) is -1.89. The smallest absolute Gasteiger partial charge is 0.333 e. The summed E-state index contributed by atoms with van der Waals surface area (Å²) in [6, 6.07) is 0. The van der Waals surface area contributed by atoms with E-state index in [-0.39, 0.29) is 47.6 Å². The van der Waals surface area contributed by atoms with Crippen molar-refractivity contribution in [1.29, 1.82) is 0 Å². The van der Waals surface area contributed by atoms with Gasteiger partial charge in [0.1, 0.15) is 13.6 Å². The number of rotatable bonds is 1. The highest BCUT2D eigenvalue weighted by molar-refractivity contribution is 6.53. The second-order valence-corrected chi connectivity index (χ2v) is 8.90. The molecule has 7 rings (SSSR count). The van der Waals surface area contributed by atoms with Crippen LogP contribution in [0.25, 0.3) is 0 Å². The molecule has 1 spiro atoms. The minimum Gasteiger partial charge on any atom is -0.333 e. The third-order valence-electron chi connectivity index (χ3n) is 4.39. The van der Waals surface area contributed by atoms with Gasteiger partial charge in [-0.1, -0.05) is 0 Å². The van der Waals surface area contributed by atoms with Crippen LogP contribution in [0, 0.1) is 0 Å². The van der Waals surface area contributed by atoms with Crippen molar-refractivity contribution in [2.75, 3.05) is 61.5 Å². The molecule has 7 atom stereocenters. The van der Waals surface area contributed by atoms with Crippen molar-refractivity contribution < 1.29 is 98.2 Å². The Morgan fingerprint density at radius 2 is 0.842 bits per heavy atom. The minimum absolute atomic E-state index is 0.0680. The molecule has 38 heavy (non-hydrogen) atoms. The molecular weight excluding hydrogens is 556 g/mol. The molecule has 22 heteroatoms. The summed E-state index contributed by atoms with van der Waals surface area (Å²) in [7, 11) is -2.51. The molecule has 7 saturated heterocycles.